The highest BCUT2D eigenvalue weighted by molar-refractivity contribution is 7.18. The first kappa shape index (κ1) is 22.8. The highest BCUT2D eigenvalue weighted by atomic mass is 32.1. The summed E-state index contributed by atoms with van der Waals surface area (Å²) in [5.74, 6) is 0.141. The van der Waals surface area contributed by atoms with Gasteiger partial charge in [-0.1, -0.05) is 20.3 Å². The molecule has 7 nitrogen and oxygen atoms in total. The molecule has 2 aromatic rings. The van der Waals surface area contributed by atoms with Gasteiger partial charge in [-0.15, -0.1) is 11.3 Å². The summed E-state index contributed by atoms with van der Waals surface area (Å²) in [6, 6.07) is 2.08. The quantitative estimate of drug-likeness (QED) is 0.510. The van der Waals surface area contributed by atoms with Gasteiger partial charge in [0.2, 0.25) is 11.8 Å². The first-order valence-electron chi connectivity index (χ1n) is 11.0. The molecule has 2 aliphatic rings. The number of piperidine rings is 1. The fraction of sp³-hybridized carbons (Fsp3) is 0.619. The zero-order valence-electron chi connectivity index (χ0n) is 18.3. The van der Waals surface area contributed by atoms with Crippen LogP contribution in [-0.2, 0) is 6.42 Å². The third kappa shape index (κ3) is 4.53. The number of piperazine rings is 1. The lowest BCUT2D eigenvalue weighted by atomic mass is 10.0. The summed E-state index contributed by atoms with van der Waals surface area (Å²) >= 11 is 1.64. The van der Waals surface area contributed by atoms with Crippen molar-refractivity contribution in [2.24, 2.45) is 5.92 Å². The monoisotopic (exact) mass is 467 g/mol. The van der Waals surface area contributed by atoms with Crippen LogP contribution in [0.5, 0.6) is 0 Å². The van der Waals surface area contributed by atoms with Gasteiger partial charge in [0.15, 0.2) is 0 Å². The van der Waals surface area contributed by atoms with Gasteiger partial charge in [0.1, 0.15) is 16.5 Å². The Bertz CT molecular complexity index is 1020. The summed E-state index contributed by atoms with van der Waals surface area (Å²) in [6.45, 7) is 6.24. The number of alkyl halides is 3. The molecule has 2 saturated heterocycles. The van der Waals surface area contributed by atoms with E-state index in [1.807, 2.05) is 4.90 Å². The topological polar surface area (TPSA) is 83.2 Å². The maximum atomic E-state index is 13.0. The number of aryl methyl sites for hydroxylation is 1. The predicted molar refractivity (Wildman–Crippen MR) is 122 cm³/mol. The van der Waals surface area contributed by atoms with Crippen molar-refractivity contribution in [1.82, 2.24) is 14.9 Å². The highest BCUT2D eigenvalue weighted by Gasteiger charge is 2.41. The Morgan fingerprint density at radius 1 is 1.22 bits per heavy atom. The van der Waals surface area contributed by atoms with E-state index in [4.69, 9.17) is 20.8 Å². The van der Waals surface area contributed by atoms with E-state index in [1.54, 1.807) is 11.3 Å². The van der Waals surface area contributed by atoms with Gasteiger partial charge in [-0.2, -0.15) is 18.2 Å². The van der Waals surface area contributed by atoms with Crippen molar-refractivity contribution in [1.29, 1.82) is 10.8 Å². The van der Waals surface area contributed by atoms with Gasteiger partial charge < -0.3 is 14.7 Å². The van der Waals surface area contributed by atoms with Gasteiger partial charge in [0.05, 0.1) is 11.9 Å². The average molecular weight is 468 g/mol. The third-order valence-corrected chi connectivity index (χ3v) is 7.03. The van der Waals surface area contributed by atoms with Gasteiger partial charge in [0.25, 0.3) is 0 Å². The maximum Gasteiger partial charge on any atom is 0.449 e. The van der Waals surface area contributed by atoms with Crippen molar-refractivity contribution in [2.75, 3.05) is 42.5 Å². The molecule has 0 bridgehead atoms. The van der Waals surface area contributed by atoms with Crippen molar-refractivity contribution in [3.8, 4) is 0 Å². The summed E-state index contributed by atoms with van der Waals surface area (Å²) in [7, 11) is 0. The van der Waals surface area contributed by atoms with Crippen molar-refractivity contribution >= 4 is 45.0 Å². The Balaban J connectivity index is 1.67. The average Bonchev–Trinajstić information content (AvgIpc) is 3.14. The van der Waals surface area contributed by atoms with E-state index < -0.39 is 12.0 Å². The van der Waals surface area contributed by atoms with E-state index in [0.717, 1.165) is 47.5 Å². The molecule has 174 valence electrons. The second-order valence-electron chi connectivity index (χ2n) is 8.59. The number of hydrogen-bond acceptors (Lipinski definition) is 7. The number of nitrogens with one attached hydrogen (secondary N) is 2. The fourth-order valence-electron chi connectivity index (χ4n) is 4.35. The standard InChI is InChI=1S/C21H28F3N7S/c1-3-5-14-10-15-17(29-8-9-31(16(25)12-29)19(26)21(22,23)24)27-20(28-18(15)32-14)30-7-4-6-13(2)11-30/h10,13,25-26H,3-9,11-12H2,1-2H3. The third-order valence-electron chi connectivity index (χ3n) is 5.95. The van der Waals surface area contributed by atoms with Crippen LogP contribution in [-0.4, -0.2) is 65.4 Å². The molecule has 0 spiro atoms. The van der Waals surface area contributed by atoms with Gasteiger partial charge in [0, 0.05) is 31.1 Å². The lowest BCUT2D eigenvalue weighted by molar-refractivity contribution is -0.0671. The number of amidine groups is 2. The number of nitrogens with zero attached hydrogens (tertiary/aromatic N) is 5. The largest absolute Gasteiger partial charge is 0.449 e. The minimum Gasteiger partial charge on any atom is -0.347 e. The van der Waals surface area contributed by atoms with Gasteiger partial charge >= 0.3 is 6.18 Å². The van der Waals surface area contributed by atoms with E-state index in [-0.39, 0.29) is 25.5 Å². The molecule has 11 heteroatoms. The lowest BCUT2D eigenvalue weighted by Crippen LogP contribution is -2.55. The summed E-state index contributed by atoms with van der Waals surface area (Å²) in [6.07, 6.45) is -0.573. The molecule has 2 aliphatic heterocycles. The fourth-order valence-corrected chi connectivity index (χ4v) is 5.47. The Labute approximate surface area is 189 Å². The first-order valence-corrected chi connectivity index (χ1v) is 11.8. The zero-order chi connectivity index (χ0) is 23.0. The van der Waals surface area contributed by atoms with Gasteiger partial charge in [-0.3, -0.25) is 10.8 Å². The van der Waals surface area contributed by atoms with Crippen LogP contribution in [0.25, 0.3) is 10.2 Å². The Hall–Kier alpha value is -2.43. The minimum absolute atomic E-state index is 0.0284. The van der Waals surface area contributed by atoms with E-state index in [1.165, 1.54) is 11.3 Å². The summed E-state index contributed by atoms with van der Waals surface area (Å²) in [4.78, 5) is 16.6. The number of anilines is 2. The number of fused-ring (bicyclic) bond motifs is 1. The Kier molecular flexibility index (Phi) is 6.28. The maximum absolute atomic E-state index is 13.0. The number of rotatable bonds is 4. The van der Waals surface area contributed by atoms with E-state index in [0.29, 0.717) is 17.7 Å². The molecule has 32 heavy (non-hydrogen) atoms. The molecule has 2 aromatic heterocycles. The molecule has 4 heterocycles. The number of halogens is 3. The molecule has 2 N–H and O–H groups in total. The van der Waals surface area contributed by atoms with Crippen LogP contribution in [0.1, 0.15) is 38.0 Å². The predicted octanol–water partition coefficient (Wildman–Crippen LogP) is 4.52. The van der Waals surface area contributed by atoms with Gasteiger partial charge in [-0.25, -0.2) is 4.98 Å². The van der Waals surface area contributed by atoms with Crippen LogP contribution in [0.4, 0.5) is 24.9 Å². The first-order chi connectivity index (χ1) is 15.2. The van der Waals surface area contributed by atoms with Crippen molar-refractivity contribution < 1.29 is 13.2 Å². The summed E-state index contributed by atoms with van der Waals surface area (Å²) in [5, 5.41) is 16.5. The molecule has 0 amide bonds. The molecule has 0 saturated carbocycles. The van der Waals surface area contributed by atoms with Crippen LogP contribution in [0.3, 0.4) is 0 Å². The molecular formula is C21H28F3N7S. The smallest absolute Gasteiger partial charge is 0.347 e. The van der Waals surface area contributed by atoms with Crippen LogP contribution in [0, 0.1) is 16.7 Å². The Morgan fingerprint density at radius 2 is 2.00 bits per heavy atom. The second kappa shape index (κ2) is 8.84. The van der Waals surface area contributed by atoms with Gasteiger partial charge in [-0.05, 0) is 31.2 Å². The van der Waals surface area contributed by atoms with Crippen molar-refractivity contribution in [2.45, 2.75) is 45.7 Å². The minimum atomic E-state index is -4.77. The molecule has 0 aliphatic carbocycles. The van der Waals surface area contributed by atoms with E-state index in [9.17, 15) is 13.2 Å². The summed E-state index contributed by atoms with van der Waals surface area (Å²) < 4.78 is 39.0. The highest BCUT2D eigenvalue weighted by Crippen LogP contribution is 2.35. The van der Waals surface area contributed by atoms with Crippen LogP contribution < -0.4 is 9.80 Å². The van der Waals surface area contributed by atoms with E-state index >= 15 is 0 Å². The second-order valence-corrected chi connectivity index (χ2v) is 9.70. The van der Waals surface area contributed by atoms with Crippen LogP contribution in [0.2, 0.25) is 0 Å². The molecular weight excluding hydrogens is 439 g/mol. The normalized spacial score (nSPS) is 20.3. The van der Waals surface area contributed by atoms with Crippen LogP contribution >= 0.6 is 11.3 Å². The number of thiophene rings is 1. The molecule has 0 radical (unpaired) electrons. The van der Waals surface area contributed by atoms with Crippen molar-refractivity contribution in [3.63, 3.8) is 0 Å². The lowest BCUT2D eigenvalue weighted by Gasteiger charge is -2.38. The molecule has 2 fully saturated rings. The molecule has 0 aromatic carbocycles. The Morgan fingerprint density at radius 3 is 2.66 bits per heavy atom. The number of aromatic nitrogens is 2. The number of hydrogen-bond donors (Lipinski definition) is 2. The zero-order valence-corrected chi connectivity index (χ0v) is 19.1. The van der Waals surface area contributed by atoms with Crippen molar-refractivity contribution in [3.05, 3.63) is 10.9 Å². The summed E-state index contributed by atoms with van der Waals surface area (Å²) in [5.41, 5.74) is 0. The molecule has 1 atom stereocenters. The molecule has 1 unspecified atom stereocenters. The van der Waals surface area contributed by atoms with E-state index in [2.05, 4.69) is 24.8 Å². The SMILES string of the molecule is CCCc1cc2c(N3CCN(C(=N)C(F)(F)F)C(=N)C3)nc(N3CCCC(C)C3)nc2s1. The molecule has 4 rings (SSSR count). The van der Waals surface area contributed by atoms with Crippen LogP contribution in [0.15, 0.2) is 6.07 Å².